The van der Waals surface area contributed by atoms with Crippen LogP contribution in [-0.4, -0.2) is 12.9 Å². The molecule has 0 heterocycles. The molecule has 0 aromatic heterocycles. The Morgan fingerprint density at radius 3 is 2.42 bits per heavy atom. The minimum atomic E-state index is 0.915. The Balaban J connectivity index is 1.73. The second-order valence-electron chi connectivity index (χ2n) is 4.18. The number of methoxy groups -OCH3 is 1. The summed E-state index contributed by atoms with van der Waals surface area (Å²) in [4.78, 5) is 0. The first-order valence-electron chi connectivity index (χ1n) is 6.31. The monoisotopic (exact) mass is 270 g/mol. The van der Waals surface area contributed by atoms with Gasteiger partial charge in [0.2, 0.25) is 0 Å². The fraction of sp³-hybridized carbons (Fsp3) is 0.176. The van der Waals surface area contributed by atoms with Crippen LogP contribution in [0.1, 0.15) is 11.1 Å². The average Bonchev–Trinajstić information content (AvgIpc) is 2.49. The summed E-state index contributed by atoms with van der Waals surface area (Å²) in [6.07, 6.45) is 4.38. The lowest BCUT2D eigenvalue weighted by Gasteiger charge is -2.02. The molecular formula is C17H18OS. The summed E-state index contributed by atoms with van der Waals surface area (Å²) in [5.74, 6) is 2.97. The molecule has 0 unspecified atom stereocenters. The zero-order valence-corrected chi connectivity index (χ0v) is 11.9. The number of hydrogen-bond donors (Lipinski definition) is 0. The molecule has 0 aliphatic carbocycles. The van der Waals surface area contributed by atoms with Crippen LogP contribution < -0.4 is 4.74 Å². The van der Waals surface area contributed by atoms with Gasteiger partial charge in [-0.3, -0.25) is 0 Å². The third kappa shape index (κ3) is 4.84. The summed E-state index contributed by atoms with van der Waals surface area (Å²) < 4.78 is 5.14. The van der Waals surface area contributed by atoms with Gasteiger partial charge in [-0.25, -0.2) is 0 Å². The van der Waals surface area contributed by atoms with E-state index in [1.807, 2.05) is 30.0 Å². The van der Waals surface area contributed by atoms with Crippen molar-refractivity contribution in [2.24, 2.45) is 0 Å². The minimum absolute atomic E-state index is 0.915. The van der Waals surface area contributed by atoms with E-state index in [-0.39, 0.29) is 0 Å². The first-order chi connectivity index (χ1) is 9.38. The Morgan fingerprint density at radius 1 is 1.00 bits per heavy atom. The maximum absolute atomic E-state index is 5.14. The van der Waals surface area contributed by atoms with Crippen LogP contribution in [0.25, 0.3) is 6.08 Å². The fourth-order valence-electron chi connectivity index (χ4n) is 1.71. The average molecular weight is 270 g/mol. The molecule has 2 heteroatoms. The van der Waals surface area contributed by atoms with Crippen LogP contribution in [-0.2, 0) is 5.75 Å². The molecule has 19 heavy (non-hydrogen) atoms. The summed E-state index contributed by atoms with van der Waals surface area (Å²) >= 11 is 1.91. The molecule has 0 aliphatic heterocycles. The van der Waals surface area contributed by atoms with Crippen LogP contribution in [0.15, 0.2) is 60.7 Å². The smallest absolute Gasteiger partial charge is 0.118 e. The number of thioether (sulfide) groups is 1. The summed E-state index contributed by atoms with van der Waals surface area (Å²) in [5.41, 5.74) is 2.59. The highest BCUT2D eigenvalue weighted by Crippen LogP contribution is 2.16. The molecule has 2 aromatic carbocycles. The Hall–Kier alpha value is -1.67. The lowest BCUT2D eigenvalue weighted by molar-refractivity contribution is 0.414. The van der Waals surface area contributed by atoms with Gasteiger partial charge in [0, 0.05) is 11.5 Å². The molecule has 0 N–H and O–H groups in total. The molecule has 0 spiro atoms. The molecule has 0 aliphatic rings. The minimum Gasteiger partial charge on any atom is -0.497 e. The van der Waals surface area contributed by atoms with Gasteiger partial charge in [-0.1, -0.05) is 54.6 Å². The van der Waals surface area contributed by atoms with Gasteiger partial charge < -0.3 is 4.74 Å². The van der Waals surface area contributed by atoms with Gasteiger partial charge in [0.05, 0.1) is 7.11 Å². The highest BCUT2D eigenvalue weighted by molar-refractivity contribution is 7.98. The van der Waals surface area contributed by atoms with Gasteiger partial charge in [-0.2, -0.15) is 11.8 Å². The van der Waals surface area contributed by atoms with E-state index in [4.69, 9.17) is 4.74 Å². The van der Waals surface area contributed by atoms with Crippen LogP contribution in [0.4, 0.5) is 0 Å². The summed E-state index contributed by atoms with van der Waals surface area (Å²) in [5, 5.41) is 0. The Bertz CT molecular complexity index is 503. The molecule has 0 saturated carbocycles. The second kappa shape index (κ2) is 7.70. The lowest BCUT2D eigenvalue weighted by atomic mass is 10.2. The zero-order chi connectivity index (χ0) is 13.3. The molecule has 1 nitrogen and oxygen atoms in total. The van der Waals surface area contributed by atoms with Crippen molar-refractivity contribution < 1.29 is 4.74 Å². The molecule has 98 valence electrons. The Labute approximate surface area is 119 Å². The van der Waals surface area contributed by atoms with Gasteiger partial charge in [0.25, 0.3) is 0 Å². The van der Waals surface area contributed by atoms with E-state index in [2.05, 4.69) is 48.6 Å². The molecule has 2 aromatic rings. The van der Waals surface area contributed by atoms with E-state index in [1.165, 1.54) is 11.1 Å². The summed E-state index contributed by atoms with van der Waals surface area (Å²) in [7, 11) is 1.69. The SMILES string of the molecule is COc1ccc(CSC/C=C/c2ccccc2)cc1. The highest BCUT2D eigenvalue weighted by atomic mass is 32.2. The van der Waals surface area contributed by atoms with Crippen LogP contribution in [0.5, 0.6) is 5.75 Å². The lowest BCUT2D eigenvalue weighted by Crippen LogP contribution is -1.84. The first kappa shape index (κ1) is 13.8. The third-order valence-corrected chi connectivity index (χ3v) is 3.72. The van der Waals surface area contributed by atoms with Crippen molar-refractivity contribution >= 4 is 17.8 Å². The molecule has 0 fully saturated rings. The topological polar surface area (TPSA) is 9.23 Å². The van der Waals surface area contributed by atoms with Crippen molar-refractivity contribution in [3.63, 3.8) is 0 Å². The van der Waals surface area contributed by atoms with E-state index in [1.54, 1.807) is 7.11 Å². The second-order valence-corrected chi connectivity index (χ2v) is 5.21. The van der Waals surface area contributed by atoms with Gasteiger partial charge >= 0.3 is 0 Å². The van der Waals surface area contributed by atoms with E-state index >= 15 is 0 Å². The summed E-state index contributed by atoms with van der Waals surface area (Å²) in [6.45, 7) is 0. The van der Waals surface area contributed by atoms with Crippen molar-refractivity contribution in [3.8, 4) is 5.75 Å². The fourth-order valence-corrected chi connectivity index (χ4v) is 2.49. The maximum atomic E-state index is 5.14. The quantitative estimate of drug-likeness (QED) is 0.707. The Morgan fingerprint density at radius 2 is 1.74 bits per heavy atom. The van der Waals surface area contributed by atoms with Crippen molar-refractivity contribution in [3.05, 3.63) is 71.8 Å². The van der Waals surface area contributed by atoms with Gasteiger partial charge in [-0.15, -0.1) is 0 Å². The van der Waals surface area contributed by atoms with Crippen molar-refractivity contribution in [2.75, 3.05) is 12.9 Å². The highest BCUT2D eigenvalue weighted by Gasteiger charge is 1.94. The molecule has 0 amide bonds. The van der Waals surface area contributed by atoms with Gasteiger partial charge in [-0.05, 0) is 23.3 Å². The molecular weight excluding hydrogens is 252 g/mol. The summed E-state index contributed by atoms with van der Waals surface area (Å²) in [6, 6.07) is 18.6. The largest absolute Gasteiger partial charge is 0.497 e. The van der Waals surface area contributed by atoms with E-state index in [0.29, 0.717) is 0 Å². The first-order valence-corrected chi connectivity index (χ1v) is 7.46. The molecule has 0 atom stereocenters. The zero-order valence-electron chi connectivity index (χ0n) is 11.1. The van der Waals surface area contributed by atoms with E-state index in [0.717, 1.165) is 17.3 Å². The van der Waals surface area contributed by atoms with Crippen molar-refractivity contribution in [2.45, 2.75) is 5.75 Å². The van der Waals surface area contributed by atoms with Crippen molar-refractivity contribution in [1.82, 2.24) is 0 Å². The van der Waals surface area contributed by atoms with Crippen LogP contribution in [0.2, 0.25) is 0 Å². The number of benzene rings is 2. The van der Waals surface area contributed by atoms with E-state index in [9.17, 15) is 0 Å². The number of rotatable bonds is 6. The number of hydrogen-bond acceptors (Lipinski definition) is 2. The molecule has 0 saturated heterocycles. The maximum Gasteiger partial charge on any atom is 0.118 e. The standard InChI is InChI=1S/C17H18OS/c1-18-17-11-9-16(10-12-17)14-19-13-5-8-15-6-3-2-4-7-15/h2-12H,13-14H2,1H3/b8-5+. The normalized spacial score (nSPS) is 10.8. The predicted molar refractivity (Wildman–Crippen MR) is 84.6 cm³/mol. The molecule has 0 radical (unpaired) electrons. The predicted octanol–water partition coefficient (Wildman–Crippen LogP) is 4.64. The van der Waals surface area contributed by atoms with Gasteiger partial charge in [0.15, 0.2) is 0 Å². The Kier molecular flexibility index (Phi) is 5.57. The third-order valence-electron chi connectivity index (χ3n) is 2.75. The van der Waals surface area contributed by atoms with Gasteiger partial charge in [0.1, 0.15) is 5.75 Å². The number of ether oxygens (including phenoxy) is 1. The van der Waals surface area contributed by atoms with Crippen LogP contribution >= 0.6 is 11.8 Å². The molecule has 2 rings (SSSR count). The molecule has 0 bridgehead atoms. The van der Waals surface area contributed by atoms with Crippen LogP contribution in [0.3, 0.4) is 0 Å². The van der Waals surface area contributed by atoms with Crippen molar-refractivity contribution in [1.29, 1.82) is 0 Å². The van der Waals surface area contributed by atoms with Crippen LogP contribution in [0, 0.1) is 0 Å². The van der Waals surface area contributed by atoms with E-state index < -0.39 is 0 Å².